The van der Waals surface area contributed by atoms with E-state index in [4.69, 9.17) is 0 Å². The molecule has 1 rings (SSSR count). The van der Waals surface area contributed by atoms with E-state index < -0.39 is 10.0 Å². The summed E-state index contributed by atoms with van der Waals surface area (Å²) in [6, 6.07) is 0.329. The Hall–Kier alpha value is 0.160. The standard InChI is InChI=1S/C8H18N2O2S.ClH/c1-3-13(11,12)10-6-4-5-8(7-10)9-2;/h8-9H,3-7H2,1-2H3;1H/t8-;/m1./s1. The van der Waals surface area contributed by atoms with E-state index >= 15 is 0 Å². The van der Waals surface area contributed by atoms with Crippen LogP contribution in [0.15, 0.2) is 0 Å². The van der Waals surface area contributed by atoms with E-state index in [1.54, 1.807) is 11.2 Å². The maximum Gasteiger partial charge on any atom is 0.213 e. The van der Waals surface area contributed by atoms with E-state index in [0.717, 1.165) is 12.8 Å². The van der Waals surface area contributed by atoms with Gasteiger partial charge in [0.15, 0.2) is 0 Å². The molecule has 0 aromatic carbocycles. The fourth-order valence-electron chi connectivity index (χ4n) is 1.61. The molecule has 0 unspecified atom stereocenters. The van der Waals surface area contributed by atoms with Gasteiger partial charge in [-0.3, -0.25) is 0 Å². The summed E-state index contributed by atoms with van der Waals surface area (Å²) in [4.78, 5) is 0. The molecule has 0 radical (unpaired) electrons. The van der Waals surface area contributed by atoms with Gasteiger partial charge >= 0.3 is 0 Å². The van der Waals surface area contributed by atoms with Gasteiger partial charge in [-0.25, -0.2) is 12.7 Å². The van der Waals surface area contributed by atoms with Crippen LogP contribution < -0.4 is 5.32 Å². The minimum absolute atomic E-state index is 0. The van der Waals surface area contributed by atoms with E-state index in [1.807, 2.05) is 7.05 Å². The Labute approximate surface area is 92.5 Å². The second-order valence-corrected chi connectivity index (χ2v) is 5.64. The van der Waals surface area contributed by atoms with E-state index in [9.17, 15) is 8.42 Å². The Bertz CT molecular complexity index is 256. The van der Waals surface area contributed by atoms with Gasteiger partial charge < -0.3 is 5.32 Å². The van der Waals surface area contributed by atoms with Gasteiger partial charge in [0.1, 0.15) is 0 Å². The van der Waals surface area contributed by atoms with Crippen molar-refractivity contribution in [2.75, 3.05) is 25.9 Å². The molecule has 0 amide bonds. The van der Waals surface area contributed by atoms with E-state index in [2.05, 4.69) is 5.32 Å². The van der Waals surface area contributed by atoms with Gasteiger partial charge in [0, 0.05) is 19.1 Å². The number of nitrogens with zero attached hydrogens (tertiary/aromatic N) is 1. The number of halogens is 1. The summed E-state index contributed by atoms with van der Waals surface area (Å²) >= 11 is 0. The van der Waals surface area contributed by atoms with Gasteiger partial charge in [0.25, 0.3) is 0 Å². The van der Waals surface area contributed by atoms with Crippen molar-refractivity contribution in [1.29, 1.82) is 0 Å². The van der Waals surface area contributed by atoms with Crippen molar-refractivity contribution in [1.82, 2.24) is 9.62 Å². The molecule has 1 atom stereocenters. The summed E-state index contributed by atoms with van der Waals surface area (Å²) < 4.78 is 24.6. The van der Waals surface area contributed by atoms with Crippen molar-refractivity contribution in [2.24, 2.45) is 0 Å². The zero-order valence-corrected chi connectivity index (χ0v) is 10.3. The van der Waals surface area contributed by atoms with Crippen molar-refractivity contribution in [3.05, 3.63) is 0 Å². The molecule has 0 spiro atoms. The highest BCUT2D eigenvalue weighted by Crippen LogP contribution is 2.13. The second-order valence-electron chi connectivity index (χ2n) is 3.39. The Balaban J connectivity index is 0.00000169. The molecule has 1 saturated heterocycles. The van der Waals surface area contributed by atoms with Gasteiger partial charge in [-0.15, -0.1) is 12.4 Å². The van der Waals surface area contributed by atoms with Crippen molar-refractivity contribution in [2.45, 2.75) is 25.8 Å². The highest BCUT2D eigenvalue weighted by molar-refractivity contribution is 7.89. The first-order valence-corrected chi connectivity index (χ1v) is 6.36. The highest BCUT2D eigenvalue weighted by Gasteiger charge is 2.26. The average molecular weight is 243 g/mol. The van der Waals surface area contributed by atoms with Crippen molar-refractivity contribution in [3.8, 4) is 0 Å². The summed E-state index contributed by atoms with van der Waals surface area (Å²) in [6.45, 7) is 3.01. The molecule has 0 aliphatic carbocycles. The largest absolute Gasteiger partial charge is 0.316 e. The number of sulfonamides is 1. The third-order valence-electron chi connectivity index (χ3n) is 2.55. The molecule has 1 aliphatic heterocycles. The molecule has 0 bridgehead atoms. The van der Waals surface area contributed by atoms with E-state index in [1.165, 1.54) is 0 Å². The van der Waals surface area contributed by atoms with Crippen LogP contribution >= 0.6 is 12.4 Å². The minimum atomic E-state index is -2.97. The molecular formula is C8H19ClN2O2S. The van der Waals surface area contributed by atoms with Crippen molar-refractivity contribution >= 4 is 22.4 Å². The SMILES string of the molecule is CCS(=O)(=O)N1CCC[C@@H](NC)C1.Cl. The maximum atomic E-state index is 11.5. The predicted molar refractivity (Wildman–Crippen MR) is 60.4 cm³/mol. The number of nitrogens with one attached hydrogen (secondary N) is 1. The molecule has 86 valence electrons. The van der Waals surface area contributed by atoms with Crippen LogP contribution in [0.1, 0.15) is 19.8 Å². The van der Waals surface area contributed by atoms with Crippen molar-refractivity contribution < 1.29 is 8.42 Å². The molecule has 6 heteroatoms. The molecule has 4 nitrogen and oxygen atoms in total. The molecule has 1 fully saturated rings. The molecular weight excluding hydrogens is 224 g/mol. The van der Waals surface area contributed by atoms with Gasteiger partial charge in [-0.05, 0) is 26.8 Å². The van der Waals surface area contributed by atoms with Gasteiger partial charge in [-0.2, -0.15) is 0 Å². The molecule has 1 heterocycles. The fourth-order valence-corrected chi connectivity index (χ4v) is 2.79. The Morgan fingerprint density at radius 3 is 2.64 bits per heavy atom. The summed E-state index contributed by atoms with van der Waals surface area (Å²) in [6.07, 6.45) is 2.04. The molecule has 0 aromatic rings. The molecule has 1 aliphatic rings. The van der Waals surface area contributed by atoms with Gasteiger partial charge in [-0.1, -0.05) is 0 Å². The van der Waals surface area contributed by atoms with Crippen LogP contribution in [0.4, 0.5) is 0 Å². The molecule has 1 N–H and O–H groups in total. The van der Waals surface area contributed by atoms with E-state index in [0.29, 0.717) is 19.1 Å². The third kappa shape index (κ3) is 3.38. The zero-order chi connectivity index (χ0) is 9.90. The number of hydrogen-bond donors (Lipinski definition) is 1. The number of likely N-dealkylation sites (N-methyl/N-ethyl adjacent to an activating group) is 1. The normalized spacial score (nSPS) is 24.3. The van der Waals surface area contributed by atoms with Crippen LogP contribution in [0.5, 0.6) is 0 Å². The first-order chi connectivity index (χ1) is 6.10. The quantitative estimate of drug-likeness (QED) is 0.782. The molecule has 0 aromatic heterocycles. The minimum Gasteiger partial charge on any atom is -0.316 e. The fraction of sp³-hybridized carbons (Fsp3) is 1.00. The summed E-state index contributed by atoms with van der Waals surface area (Å²) in [7, 11) is -1.09. The van der Waals surface area contributed by atoms with Crippen LogP contribution in [-0.4, -0.2) is 44.7 Å². The van der Waals surface area contributed by atoms with E-state index in [-0.39, 0.29) is 18.2 Å². The lowest BCUT2D eigenvalue weighted by Gasteiger charge is -2.31. The summed E-state index contributed by atoms with van der Waals surface area (Å²) in [5.74, 6) is 0.212. The number of piperidine rings is 1. The third-order valence-corrected chi connectivity index (χ3v) is 4.40. The predicted octanol–water partition coefficient (Wildman–Crippen LogP) is 0.442. The lowest BCUT2D eigenvalue weighted by Crippen LogP contribution is -2.47. The second kappa shape index (κ2) is 5.90. The van der Waals surface area contributed by atoms with Crippen LogP contribution in [0.25, 0.3) is 0 Å². The lowest BCUT2D eigenvalue weighted by atomic mass is 10.1. The Kier molecular flexibility index (Phi) is 5.97. The maximum absolute atomic E-state index is 11.5. The highest BCUT2D eigenvalue weighted by atomic mass is 35.5. The zero-order valence-electron chi connectivity index (χ0n) is 8.69. The molecule has 0 saturated carbocycles. The first kappa shape index (κ1) is 14.2. The monoisotopic (exact) mass is 242 g/mol. The van der Waals surface area contributed by atoms with Crippen LogP contribution in [-0.2, 0) is 10.0 Å². The Morgan fingerprint density at radius 1 is 1.50 bits per heavy atom. The topological polar surface area (TPSA) is 49.4 Å². The summed E-state index contributed by atoms with van der Waals surface area (Å²) in [5, 5.41) is 3.12. The Morgan fingerprint density at radius 2 is 2.14 bits per heavy atom. The average Bonchev–Trinajstić information content (AvgIpc) is 2.18. The first-order valence-electron chi connectivity index (χ1n) is 4.75. The summed E-state index contributed by atoms with van der Waals surface area (Å²) in [5.41, 5.74) is 0. The van der Waals surface area contributed by atoms with Gasteiger partial charge in [0.05, 0.1) is 5.75 Å². The van der Waals surface area contributed by atoms with Crippen LogP contribution in [0.3, 0.4) is 0 Å². The number of hydrogen-bond acceptors (Lipinski definition) is 3. The smallest absolute Gasteiger partial charge is 0.213 e. The van der Waals surface area contributed by atoms with Crippen LogP contribution in [0.2, 0.25) is 0 Å². The van der Waals surface area contributed by atoms with Crippen molar-refractivity contribution in [3.63, 3.8) is 0 Å². The number of rotatable bonds is 3. The molecule has 14 heavy (non-hydrogen) atoms. The van der Waals surface area contributed by atoms with Crippen LogP contribution in [0, 0.1) is 0 Å². The van der Waals surface area contributed by atoms with Gasteiger partial charge in [0.2, 0.25) is 10.0 Å². The lowest BCUT2D eigenvalue weighted by molar-refractivity contribution is 0.293.